The van der Waals surface area contributed by atoms with E-state index in [4.69, 9.17) is 9.47 Å². The molecule has 30 heavy (non-hydrogen) atoms. The van der Waals surface area contributed by atoms with Gasteiger partial charge in [0.15, 0.2) is 0 Å². The number of unbranched alkanes of at least 4 members (excludes halogenated alkanes) is 9. The molecule has 0 N–H and O–H groups in total. The van der Waals surface area contributed by atoms with Gasteiger partial charge >= 0.3 is 11.9 Å². The molecule has 0 aromatic heterocycles. The Morgan fingerprint density at radius 1 is 0.767 bits per heavy atom. The first-order valence-corrected chi connectivity index (χ1v) is 12.3. The lowest BCUT2D eigenvalue weighted by molar-refractivity contribution is -0.139. The Kier molecular flexibility index (Phi) is 15.1. The zero-order valence-corrected chi connectivity index (χ0v) is 19.7. The molecule has 4 heteroatoms. The predicted molar refractivity (Wildman–Crippen MR) is 123 cm³/mol. The summed E-state index contributed by atoms with van der Waals surface area (Å²) in [5, 5.41) is 0. The van der Waals surface area contributed by atoms with E-state index in [0.29, 0.717) is 23.7 Å². The third kappa shape index (κ3) is 12.9. The maximum absolute atomic E-state index is 12.1. The number of allylic oxidation sites excluding steroid dienone is 1. The van der Waals surface area contributed by atoms with Crippen molar-refractivity contribution in [3.63, 3.8) is 0 Å². The number of esters is 2. The lowest BCUT2D eigenvalue weighted by Crippen LogP contribution is -2.10. The average Bonchev–Trinajstić information content (AvgIpc) is 2.76. The van der Waals surface area contributed by atoms with Crippen LogP contribution in [0.3, 0.4) is 0 Å². The van der Waals surface area contributed by atoms with E-state index in [0.717, 1.165) is 25.7 Å². The zero-order valence-electron chi connectivity index (χ0n) is 19.7. The van der Waals surface area contributed by atoms with Gasteiger partial charge in [-0.15, -0.1) is 0 Å². The number of ether oxygens (including phenoxy) is 2. The highest BCUT2D eigenvalue weighted by Crippen LogP contribution is 2.25. The van der Waals surface area contributed by atoms with Crippen molar-refractivity contribution >= 4 is 11.9 Å². The molecule has 0 bridgehead atoms. The lowest BCUT2D eigenvalue weighted by atomic mass is 9.88. The van der Waals surface area contributed by atoms with Gasteiger partial charge in [0.25, 0.3) is 0 Å². The molecule has 1 aliphatic rings. The quantitative estimate of drug-likeness (QED) is 0.120. The molecule has 1 aliphatic carbocycles. The molecule has 0 aromatic rings. The van der Waals surface area contributed by atoms with Crippen LogP contribution in [0.5, 0.6) is 0 Å². The molecule has 0 aliphatic heterocycles. The highest BCUT2D eigenvalue weighted by molar-refractivity contribution is 5.90. The maximum Gasteiger partial charge on any atom is 0.338 e. The summed E-state index contributed by atoms with van der Waals surface area (Å²) in [6, 6.07) is 0. The molecule has 0 radical (unpaired) electrons. The molecule has 0 saturated heterocycles. The first-order chi connectivity index (χ1) is 14.5. The van der Waals surface area contributed by atoms with Crippen LogP contribution in [0.2, 0.25) is 0 Å². The smallest absolute Gasteiger partial charge is 0.338 e. The van der Waals surface area contributed by atoms with Crippen LogP contribution in [-0.4, -0.2) is 18.5 Å². The molecule has 1 rings (SSSR count). The Morgan fingerprint density at radius 2 is 1.33 bits per heavy atom. The summed E-state index contributed by atoms with van der Waals surface area (Å²) in [5.74, 6) is -0.322. The molecule has 0 unspecified atom stereocenters. The van der Waals surface area contributed by atoms with E-state index in [1.165, 1.54) is 76.9 Å². The average molecular weight is 421 g/mol. The van der Waals surface area contributed by atoms with Gasteiger partial charge in [-0.2, -0.15) is 0 Å². The molecule has 0 amide bonds. The molecule has 1 fully saturated rings. The number of carbonyl (C=O) groups excluding carboxylic acids is 2. The molecule has 0 spiro atoms. The highest BCUT2D eigenvalue weighted by Gasteiger charge is 2.14. The molecule has 0 atom stereocenters. The van der Waals surface area contributed by atoms with Crippen LogP contribution >= 0.6 is 0 Å². The summed E-state index contributed by atoms with van der Waals surface area (Å²) in [6.07, 6.45) is 21.8. The minimum atomic E-state index is -0.410. The Labute approximate surface area is 184 Å². The Hall–Kier alpha value is -1.58. The SMILES string of the molecule is CCCCCCCCCCCCOC(=O)/C(C)=C/OC(=O)/C(C)=C/C1CCCCC1. The molecule has 0 heterocycles. The van der Waals surface area contributed by atoms with Crippen LogP contribution < -0.4 is 0 Å². The van der Waals surface area contributed by atoms with Crippen molar-refractivity contribution in [3.05, 3.63) is 23.5 Å². The van der Waals surface area contributed by atoms with Gasteiger partial charge in [-0.3, -0.25) is 0 Å². The number of hydrogen-bond donors (Lipinski definition) is 0. The van der Waals surface area contributed by atoms with E-state index in [1.54, 1.807) is 13.8 Å². The van der Waals surface area contributed by atoms with E-state index in [9.17, 15) is 9.59 Å². The molecule has 0 aromatic carbocycles. The van der Waals surface area contributed by atoms with E-state index < -0.39 is 5.97 Å². The number of carbonyl (C=O) groups is 2. The molecule has 172 valence electrons. The second-order valence-electron chi connectivity index (χ2n) is 8.77. The number of hydrogen-bond acceptors (Lipinski definition) is 4. The standard InChI is InChI=1S/C26H44O4/c1-4-5-6-7-8-9-10-11-12-16-19-29-26(28)23(3)21-30-25(27)22(2)20-24-17-14-13-15-18-24/h20-21,24H,4-19H2,1-3H3/b22-20+,23-21+. The van der Waals surface area contributed by atoms with Crippen LogP contribution in [0.1, 0.15) is 117 Å². The van der Waals surface area contributed by atoms with E-state index in [-0.39, 0.29) is 5.97 Å². The van der Waals surface area contributed by atoms with Crippen LogP contribution in [0.25, 0.3) is 0 Å². The maximum atomic E-state index is 12.1. The van der Waals surface area contributed by atoms with Gasteiger partial charge < -0.3 is 9.47 Å². The Bertz CT molecular complexity index is 541. The van der Waals surface area contributed by atoms with Crippen LogP contribution in [0.15, 0.2) is 23.5 Å². The lowest BCUT2D eigenvalue weighted by Gasteiger charge is -2.18. The monoisotopic (exact) mass is 420 g/mol. The van der Waals surface area contributed by atoms with Crippen LogP contribution in [0.4, 0.5) is 0 Å². The fourth-order valence-corrected chi connectivity index (χ4v) is 3.87. The van der Waals surface area contributed by atoms with Crippen molar-refractivity contribution in [2.45, 2.75) is 117 Å². The van der Waals surface area contributed by atoms with Crippen molar-refractivity contribution in [2.24, 2.45) is 5.92 Å². The predicted octanol–water partition coefficient (Wildman–Crippen LogP) is 7.42. The van der Waals surface area contributed by atoms with Gasteiger partial charge in [0.05, 0.1) is 12.2 Å². The first-order valence-electron chi connectivity index (χ1n) is 12.3. The minimum Gasteiger partial charge on any atom is -0.462 e. The van der Waals surface area contributed by atoms with Gasteiger partial charge in [0.2, 0.25) is 0 Å². The van der Waals surface area contributed by atoms with Gasteiger partial charge in [-0.25, -0.2) is 9.59 Å². The zero-order chi connectivity index (χ0) is 22.0. The van der Waals surface area contributed by atoms with Gasteiger partial charge in [0.1, 0.15) is 6.26 Å². The van der Waals surface area contributed by atoms with Gasteiger partial charge in [-0.1, -0.05) is 90.0 Å². The van der Waals surface area contributed by atoms with Crippen molar-refractivity contribution in [1.29, 1.82) is 0 Å². The molecular formula is C26H44O4. The fraction of sp³-hybridized carbons (Fsp3) is 0.769. The normalized spacial score (nSPS) is 15.8. The molecular weight excluding hydrogens is 376 g/mol. The van der Waals surface area contributed by atoms with E-state index >= 15 is 0 Å². The van der Waals surface area contributed by atoms with E-state index in [2.05, 4.69) is 6.92 Å². The third-order valence-corrected chi connectivity index (χ3v) is 5.85. The largest absolute Gasteiger partial charge is 0.462 e. The van der Waals surface area contributed by atoms with Gasteiger partial charge in [-0.05, 0) is 39.0 Å². The van der Waals surface area contributed by atoms with Gasteiger partial charge in [0, 0.05) is 5.57 Å². The summed E-state index contributed by atoms with van der Waals surface area (Å²) in [4.78, 5) is 24.1. The highest BCUT2D eigenvalue weighted by atomic mass is 16.5. The summed E-state index contributed by atoms with van der Waals surface area (Å²) in [6.45, 7) is 6.07. The van der Waals surface area contributed by atoms with Crippen molar-refractivity contribution in [3.8, 4) is 0 Å². The third-order valence-electron chi connectivity index (χ3n) is 5.85. The molecule has 4 nitrogen and oxygen atoms in total. The Balaban J connectivity index is 2.11. The summed E-state index contributed by atoms with van der Waals surface area (Å²) < 4.78 is 10.4. The van der Waals surface area contributed by atoms with Crippen molar-refractivity contribution in [2.75, 3.05) is 6.61 Å². The topological polar surface area (TPSA) is 52.6 Å². The second kappa shape index (κ2) is 17.1. The van der Waals surface area contributed by atoms with Crippen LogP contribution in [0, 0.1) is 5.92 Å². The number of rotatable bonds is 15. The minimum absolute atomic E-state index is 0.320. The summed E-state index contributed by atoms with van der Waals surface area (Å²) in [7, 11) is 0. The van der Waals surface area contributed by atoms with Crippen molar-refractivity contribution in [1.82, 2.24) is 0 Å². The summed E-state index contributed by atoms with van der Waals surface area (Å²) >= 11 is 0. The molecule has 1 saturated carbocycles. The Morgan fingerprint density at radius 3 is 1.93 bits per heavy atom. The summed E-state index contributed by atoms with van der Waals surface area (Å²) in [5.41, 5.74) is 0.936. The first kappa shape index (κ1) is 26.5. The van der Waals surface area contributed by atoms with Crippen molar-refractivity contribution < 1.29 is 19.1 Å². The van der Waals surface area contributed by atoms with E-state index in [1.807, 2.05) is 6.08 Å². The fourth-order valence-electron chi connectivity index (χ4n) is 3.87. The van der Waals surface area contributed by atoms with Crippen LogP contribution in [-0.2, 0) is 19.1 Å². The second-order valence-corrected chi connectivity index (χ2v) is 8.77.